The van der Waals surface area contributed by atoms with Gasteiger partial charge in [0.25, 0.3) is 0 Å². The van der Waals surface area contributed by atoms with Gasteiger partial charge in [0.15, 0.2) is 0 Å². The zero-order chi connectivity index (χ0) is 11.2. The number of aliphatic hydroxyl groups excluding tert-OH is 1. The molecular formula is C15H16O. The van der Waals surface area contributed by atoms with Gasteiger partial charge in [0.1, 0.15) is 0 Å². The summed E-state index contributed by atoms with van der Waals surface area (Å²) in [5, 5.41) is 8.81. The van der Waals surface area contributed by atoms with Crippen LogP contribution >= 0.6 is 0 Å². The van der Waals surface area contributed by atoms with Gasteiger partial charge >= 0.3 is 0 Å². The second-order valence-electron chi connectivity index (χ2n) is 3.89. The number of aliphatic hydroxyl groups is 1. The van der Waals surface area contributed by atoms with Gasteiger partial charge in [-0.2, -0.15) is 0 Å². The molecule has 0 aliphatic carbocycles. The molecule has 0 amide bonds. The van der Waals surface area contributed by atoms with E-state index in [1.54, 1.807) is 0 Å². The van der Waals surface area contributed by atoms with Crippen LogP contribution in [0.25, 0.3) is 11.1 Å². The lowest BCUT2D eigenvalue weighted by Gasteiger charge is -2.04. The lowest BCUT2D eigenvalue weighted by molar-refractivity contribution is 0.288. The maximum absolute atomic E-state index is 8.81. The highest BCUT2D eigenvalue weighted by molar-refractivity contribution is 5.63. The highest BCUT2D eigenvalue weighted by Gasteiger charge is 1.98. The summed E-state index contributed by atoms with van der Waals surface area (Å²) in [4.78, 5) is 0. The minimum absolute atomic E-state index is 0.259. The normalized spacial score (nSPS) is 10.3. The van der Waals surface area contributed by atoms with E-state index in [0.717, 1.165) is 12.8 Å². The van der Waals surface area contributed by atoms with Crippen LogP contribution < -0.4 is 0 Å². The molecule has 2 aromatic carbocycles. The first-order valence-corrected chi connectivity index (χ1v) is 5.65. The van der Waals surface area contributed by atoms with Crippen LogP contribution in [0.15, 0.2) is 54.6 Å². The Labute approximate surface area is 96.4 Å². The van der Waals surface area contributed by atoms with Crippen molar-refractivity contribution in [3.8, 4) is 11.1 Å². The largest absolute Gasteiger partial charge is 0.396 e. The van der Waals surface area contributed by atoms with Crippen LogP contribution in [0, 0.1) is 0 Å². The second kappa shape index (κ2) is 5.47. The highest BCUT2D eigenvalue weighted by Crippen LogP contribution is 2.20. The minimum atomic E-state index is 0.259. The summed E-state index contributed by atoms with van der Waals surface area (Å²) in [6.45, 7) is 0.259. The molecule has 0 aliphatic rings. The predicted molar refractivity (Wildman–Crippen MR) is 67.3 cm³/mol. The van der Waals surface area contributed by atoms with Gasteiger partial charge in [0, 0.05) is 6.61 Å². The Hall–Kier alpha value is -1.60. The molecule has 82 valence electrons. The van der Waals surface area contributed by atoms with Gasteiger partial charge in [-0.15, -0.1) is 0 Å². The standard InChI is InChI=1S/C15H16O/c16-11-5-7-13-6-4-10-15(12-13)14-8-2-1-3-9-14/h1-4,6,8-10,12,16H,5,7,11H2. The zero-order valence-electron chi connectivity index (χ0n) is 9.26. The molecule has 0 fully saturated rings. The van der Waals surface area contributed by atoms with Crippen molar-refractivity contribution in [1.29, 1.82) is 0 Å². The van der Waals surface area contributed by atoms with E-state index in [1.807, 2.05) is 6.07 Å². The van der Waals surface area contributed by atoms with E-state index in [4.69, 9.17) is 5.11 Å². The molecule has 0 atom stereocenters. The van der Waals surface area contributed by atoms with Crippen molar-refractivity contribution in [1.82, 2.24) is 0 Å². The van der Waals surface area contributed by atoms with E-state index in [9.17, 15) is 0 Å². The first-order valence-electron chi connectivity index (χ1n) is 5.65. The first-order chi connectivity index (χ1) is 7.90. The van der Waals surface area contributed by atoms with Crippen molar-refractivity contribution >= 4 is 0 Å². The van der Waals surface area contributed by atoms with Crippen LogP contribution in [0.1, 0.15) is 12.0 Å². The Bertz CT molecular complexity index is 434. The fourth-order valence-corrected chi connectivity index (χ4v) is 1.82. The van der Waals surface area contributed by atoms with Crippen LogP contribution in [0.3, 0.4) is 0 Å². The number of aryl methyl sites for hydroxylation is 1. The Balaban J connectivity index is 2.22. The average molecular weight is 212 g/mol. The molecule has 0 unspecified atom stereocenters. The zero-order valence-corrected chi connectivity index (χ0v) is 9.26. The SMILES string of the molecule is OCCCc1cccc(-c2ccccc2)c1. The van der Waals surface area contributed by atoms with Gasteiger partial charge in [-0.3, -0.25) is 0 Å². The summed E-state index contributed by atoms with van der Waals surface area (Å²) in [6.07, 6.45) is 1.77. The van der Waals surface area contributed by atoms with E-state index < -0.39 is 0 Å². The summed E-state index contributed by atoms with van der Waals surface area (Å²) in [6, 6.07) is 18.9. The molecule has 0 radical (unpaired) electrons. The molecule has 0 aromatic heterocycles. The maximum Gasteiger partial charge on any atom is 0.0434 e. The fraction of sp³-hybridized carbons (Fsp3) is 0.200. The van der Waals surface area contributed by atoms with Crippen molar-refractivity contribution in [2.45, 2.75) is 12.8 Å². The van der Waals surface area contributed by atoms with Gasteiger partial charge in [-0.05, 0) is 29.5 Å². The summed E-state index contributed by atoms with van der Waals surface area (Å²) in [5.41, 5.74) is 3.78. The molecule has 0 spiro atoms. The maximum atomic E-state index is 8.81. The average Bonchev–Trinajstić information content (AvgIpc) is 2.38. The summed E-state index contributed by atoms with van der Waals surface area (Å²) >= 11 is 0. The minimum Gasteiger partial charge on any atom is -0.396 e. The third-order valence-electron chi connectivity index (χ3n) is 2.66. The molecular weight excluding hydrogens is 196 g/mol. The van der Waals surface area contributed by atoms with Crippen LogP contribution in [0.4, 0.5) is 0 Å². The molecule has 0 bridgehead atoms. The van der Waals surface area contributed by atoms with Crippen molar-refractivity contribution in [3.05, 3.63) is 60.2 Å². The number of rotatable bonds is 4. The smallest absolute Gasteiger partial charge is 0.0434 e. The summed E-state index contributed by atoms with van der Waals surface area (Å²) in [7, 11) is 0. The molecule has 2 rings (SSSR count). The van der Waals surface area contributed by atoms with Crippen molar-refractivity contribution < 1.29 is 5.11 Å². The second-order valence-corrected chi connectivity index (χ2v) is 3.89. The van der Waals surface area contributed by atoms with Crippen molar-refractivity contribution in [3.63, 3.8) is 0 Å². The first kappa shape index (κ1) is 10.9. The molecule has 1 nitrogen and oxygen atoms in total. The molecule has 0 saturated heterocycles. The van der Waals surface area contributed by atoms with Crippen LogP contribution in [-0.4, -0.2) is 11.7 Å². The van der Waals surface area contributed by atoms with E-state index in [-0.39, 0.29) is 6.61 Å². The van der Waals surface area contributed by atoms with Crippen LogP contribution in [0.2, 0.25) is 0 Å². The van der Waals surface area contributed by atoms with Gasteiger partial charge in [0.2, 0.25) is 0 Å². The van der Waals surface area contributed by atoms with Gasteiger partial charge in [0.05, 0.1) is 0 Å². The molecule has 0 aliphatic heterocycles. The van der Waals surface area contributed by atoms with Crippen LogP contribution in [0.5, 0.6) is 0 Å². The van der Waals surface area contributed by atoms with Crippen molar-refractivity contribution in [2.24, 2.45) is 0 Å². The summed E-state index contributed by atoms with van der Waals surface area (Å²) < 4.78 is 0. The number of hydrogen-bond acceptors (Lipinski definition) is 1. The van der Waals surface area contributed by atoms with Crippen LogP contribution in [-0.2, 0) is 6.42 Å². The highest BCUT2D eigenvalue weighted by atomic mass is 16.2. The van der Waals surface area contributed by atoms with E-state index >= 15 is 0 Å². The molecule has 0 heterocycles. The number of hydrogen-bond donors (Lipinski definition) is 1. The third-order valence-corrected chi connectivity index (χ3v) is 2.66. The van der Waals surface area contributed by atoms with E-state index in [1.165, 1.54) is 16.7 Å². The molecule has 16 heavy (non-hydrogen) atoms. The third kappa shape index (κ3) is 2.71. The van der Waals surface area contributed by atoms with E-state index in [0.29, 0.717) is 0 Å². The lowest BCUT2D eigenvalue weighted by Crippen LogP contribution is -1.89. The van der Waals surface area contributed by atoms with Gasteiger partial charge in [-0.25, -0.2) is 0 Å². The van der Waals surface area contributed by atoms with E-state index in [2.05, 4.69) is 48.5 Å². The molecule has 2 aromatic rings. The monoisotopic (exact) mass is 212 g/mol. The molecule has 1 N–H and O–H groups in total. The predicted octanol–water partition coefficient (Wildman–Crippen LogP) is 3.28. The molecule has 0 saturated carbocycles. The topological polar surface area (TPSA) is 20.2 Å². The lowest BCUT2D eigenvalue weighted by atomic mass is 10.0. The van der Waals surface area contributed by atoms with Gasteiger partial charge in [-0.1, -0.05) is 54.6 Å². The summed E-state index contributed by atoms with van der Waals surface area (Å²) in [5.74, 6) is 0. The Morgan fingerprint density at radius 3 is 2.31 bits per heavy atom. The Morgan fingerprint density at radius 1 is 0.812 bits per heavy atom. The quantitative estimate of drug-likeness (QED) is 0.824. The van der Waals surface area contributed by atoms with Crippen molar-refractivity contribution in [2.75, 3.05) is 6.61 Å². The van der Waals surface area contributed by atoms with Gasteiger partial charge < -0.3 is 5.11 Å². The number of benzene rings is 2. The Morgan fingerprint density at radius 2 is 1.56 bits per heavy atom. The Kier molecular flexibility index (Phi) is 3.73. The molecule has 1 heteroatoms. The fourth-order valence-electron chi connectivity index (χ4n) is 1.82.